The van der Waals surface area contributed by atoms with Gasteiger partial charge in [0.05, 0.1) is 5.60 Å². The highest BCUT2D eigenvalue weighted by Crippen LogP contribution is 2.41. The highest BCUT2D eigenvalue weighted by atomic mass is 32.2. The van der Waals surface area contributed by atoms with E-state index in [1.807, 2.05) is 11.8 Å². The van der Waals surface area contributed by atoms with Crippen LogP contribution in [-0.4, -0.2) is 42.1 Å². The van der Waals surface area contributed by atoms with Crippen LogP contribution in [0.1, 0.15) is 38.5 Å². The Morgan fingerprint density at radius 3 is 3.11 bits per heavy atom. The summed E-state index contributed by atoms with van der Waals surface area (Å²) < 4.78 is 5.99. The van der Waals surface area contributed by atoms with Crippen LogP contribution in [0, 0.1) is 5.92 Å². The van der Waals surface area contributed by atoms with Crippen molar-refractivity contribution in [1.29, 1.82) is 0 Å². The fourth-order valence-electron chi connectivity index (χ4n) is 3.51. The van der Waals surface area contributed by atoms with Crippen molar-refractivity contribution in [2.24, 2.45) is 5.92 Å². The fourth-order valence-corrected chi connectivity index (χ4v) is 4.88. The van der Waals surface area contributed by atoms with Crippen LogP contribution in [0.2, 0.25) is 0 Å². The lowest BCUT2D eigenvalue weighted by Crippen LogP contribution is -2.42. The summed E-state index contributed by atoms with van der Waals surface area (Å²) in [5.41, 5.74) is 0.0480. The van der Waals surface area contributed by atoms with Crippen LogP contribution in [0.5, 0.6) is 0 Å². The summed E-state index contributed by atoms with van der Waals surface area (Å²) in [5, 5.41) is 3.43. The minimum atomic E-state index is 0.0480. The van der Waals surface area contributed by atoms with Gasteiger partial charge >= 0.3 is 0 Å². The maximum absolute atomic E-state index is 12.4. The second-order valence-electron chi connectivity index (χ2n) is 5.99. The Hall–Kier alpha value is -0.0600. The van der Waals surface area contributed by atoms with Gasteiger partial charge in [0.2, 0.25) is 0 Å². The first-order valence-electron chi connectivity index (χ1n) is 7.25. The van der Waals surface area contributed by atoms with E-state index in [2.05, 4.69) is 5.32 Å². The molecule has 3 nitrogen and oxygen atoms in total. The van der Waals surface area contributed by atoms with Crippen molar-refractivity contribution in [3.63, 3.8) is 0 Å². The number of ketones is 1. The number of ether oxygens (including phenoxy) is 1. The molecule has 0 radical (unpaired) electrons. The van der Waals surface area contributed by atoms with Crippen molar-refractivity contribution >= 4 is 17.5 Å². The molecule has 3 rings (SSSR count). The average molecular weight is 269 g/mol. The van der Waals surface area contributed by atoms with E-state index in [4.69, 9.17) is 4.74 Å². The first-order valence-corrected chi connectivity index (χ1v) is 8.41. The zero-order chi connectivity index (χ0) is 12.4. The third-order valence-corrected chi connectivity index (χ3v) is 5.85. The second kappa shape index (κ2) is 5.51. The van der Waals surface area contributed by atoms with E-state index < -0.39 is 0 Å². The van der Waals surface area contributed by atoms with E-state index in [1.54, 1.807) is 0 Å². The van der Waals surface area contributed by atoms with E-state index in [9.17, 15) is 4.79 Å². The van der Waals surface area contributed by atoms with Crippen LogP contribution in [0.25, 0.3) is 0 Å². The van der Waals surface area contributed by atoms with Gasteiger partial charge in [0.1, 0.15) is 5.78 Å². The molecule has 3 saturated heterocycles. The molecule has 0 bridgehead atoms. The third-order valence-electron chi connectivity index (χ3n) is 4.63. The first kappa shape index (κ1) is 12.9. The summed E-state index contributed by atoms with van der Waals surface area (Å²) in [6.07, 6.45) is 6.21. The lowest BCUT2D eigenvalue weighted by atomic mass is 9.81. The molecule has 102 valence electrons. The number of carbonyl (C=O) groups is 1. The molecule has 0 aromatic heterocycles. The quantitative estimate of drug-likeness (QED) is 0.850. The van der Waals surface area contributed by atoms with Gasteiger partial charge in [0.15, 0.2) is 0 Å². The van der Waals surface area contributed by atoms with Crippen molar-refractivity contribution in [2.75, 3.05) is 24.7 Å². The van der Waals surface area contributed by atoms with E-state index in [-0.39, 0.29) is 11.5 Å². The van der Waals surface area contributed by atoms with Crippen LogP contribution in [0.3, 0.4) is 0 Å². The molecular weight excluding hydrogens is 246 g/mol. The van der Waals surface area contributed by atoms with E-state index in [0.29, 0.717) is 11.8 Å². The lowest BCUT2D eigenvalue weighted by Gasteiger charge is -2.37. The van der Waals surface area contributed by atoms with Crippen LogP contribution < -0.4 is 5.32 Å². The Bertz CT molecular complexity index is 309. The molecule has 0 saturated carbocycles. The number of rotatable bonds is 3. The minimum absolute atomic E-state index is 0.0480. The molecule has 18 heavy (non-hydrogen) atoms. The van der Waals surface area contributed by atoms with Gasteiger partial charge in [-0.15, -0.1) is 0 Å². The molecule has 3 unspecified atom stereocenters. The van der Waals surface area contributed by atoms with Crippen LogP contribution in [-0.2, 0) is 9.53 Å². The van der Waals surface area contributed by atoms with E-state index in [0.717, 1.165) is 44.6 Å². The zero-order valence-corrected chi connectivity index (χ0v) is 11.8. The molecule has 0 aromatic rings. The first-order chi connectivity index (χ1) is 8.77. The highest BCUT2D eigenvalue weighted by molar-refractivity contribution is 7.99. The molecule has 1 spiro atoms. The molecule has 0 aromatic carbocycles. The smallest absolute Gasteiger partial charge is 0.137 e. The van der Waals surface area contributed by atoms with Gasteiger partial charge in [-0.25, -0.2) is 0 Å². The van der Waals surface area contributed by atoms with Gasteiger partial charge in [0.25, 0.3) is 0 Å². The van der Waals surface area contributed by atoms with Crippen molar-refractivity contribution in [2.45, 2.75) is 50.2 Å². The summed E-state index contributed by atoms with van der Waals surface area (Å²) in [6.45, 7) is 1.88. The van der Waals surface area contributed by atoms with Gasteiger partial charge < -0.3 is 10.1 Å². The SMILES string of the molecule is O=C(CC1CCCN1)C1CCOC2(CCSC2)C1. The number of carbonyl (C=O) groups excluding carboxylic acids is 1. The van der Waals surface area contributed by atoms with Gasteiger partial charge in [-0.2, -0.15) is 11.8 Å². The standard InChI is InChI=1S/C14H23NO2S/c16-13(8-12-2-1-5-15-12)11-3-6-17-14(9-11)4-7-18-10-14/h11-12,15H,1-10H2. The molecule has 0 amide bonds. The Labute approximate surface area is 113 Å². The monoisotopic (exact) mass is 269 g/mol. The maximum atomic E-state index is 12.4. The normalized spacial score (nSPS) is 40.4. The lowest BCUT2D eigenvalue weighted by molar-refractivity contribution is -0.134. The zero-order valence-electron chi connectivity index (χ0n) is 11.0. The predicted molar refractivity (Wildman–Crippen MR) is 74.0 cm³/mol. The Morgan fingerprint density at radius 1 is 1.44 bits per heavy atom. The molecule has 3 aliphatic rings. The van der Waals surface area contributed by atoms with Gasteiger partial charge in [-0.3, -0.25) is 4.79 Å². The van der Waals surface area contributed by atoms with Gasteiger partial charge in [0, 0.05) is 30.7 Å². The number of Topliss-reactive ketones (excluding diaryl/α,β-unsaturated/α-hetero) is 1. The topological polar surface area (TPSA) is 38.3 Å². The second-order valence-corrected chi connectivity index (χ2v) is 7.09. The summed E-state index contributed by atoms with van der Waals surface area (Å²) in [5.74, 6) is 3.04. The number of nitrogens with one attached hydrogen (secondary N) is 1. The van der Waals surface area contributed by atoms with Crippen molar-refractivity contribution < 1.29 is 9.53 Å². The van der Waals surface area contributed by atoms with Crippen LogP contribution in [0.15, 0.2) is 0 Å². The molecule has 4 heteroatoms. The van der Waals surface area contributed by atoms with Crippen LogP contribution >= 0.6 is 11.8 Å². The molecule has 3 atom stereocenters. The highest BCUT2D eigenvalue weighted by Gasteiger charge is 2.42. The average Bonchev–Trinajstić information content (AvgIpc) is 3.02. The number of hydrogen-bond acceptors (Lipinski definition) is 4. The molecule has 1 N–H and O–H groups in total. The molecule has 0 aliphatic carbocycles. The van der Waals surface area contributed by atoms with Crippen molar-refractivity contribution in [3.8, 4) is 0 Å². The Balaban J connectivity index is 1.56. The minimum Gasteiger partial charge on any atom is -0.374 e. The molecule has 3 heterocycles. The van der Waals surface area contributed by atoms with E-state index >= 15 is 0 Å². The number of hydrogen-bond donors (Lipinski definition) is 1. The molecular formula is C14H23NO2S. The largest absolute Gasteiger partial charge is 0.374 e. The summed E-state index contributed by atoms with van der Waals surface area (Å²) in [7, 11) is 0. The summed E-state index contributed by atoms with van der Waals surface area (Å²) in [6, 6.07) is 0.453. The predicted octanol–water partition coefficient (Wildman–Crippen LogP) is 2.00. The van der Waals surface area contributed by atoms with Gasteiger partial charge in [-0.05, 0) is 44.4 Å². The maximum Gasteiger partial charge on any atom is 0.137 e. The Kier molecular flexibility index (Phi) is 3.97. The summed E-state index contributed by atoms with van der Waals surface area (Å²) in [4.78, 5) is 12.4. The van der Waals surface area contributed by atoms with E-state index in [1.165, 1.54) is 18.6 Å². The molecule has 3 aliphatic heterocycles. The molecule has 3 fully saturated rings. The van der Waals surface area contributed by atoms with Gasteiger partial charge in [-0.1, -0.05) is 0 Å². The fraction of sp³-hybridized carbons (Fsp3) is 0.929. The van der Waals surface area contributed by atoms with Crippen molar-refractivity contribution in [3.05, 3.63) is 0 Å². The summed E-state index contributed by atoms with van der Waals surface area (Å²) >= 11 is 1.98. The van der Waals surface area contributed by atoms with Crippen molar-refractivity contribution in [1.82, 2.24) is 5.32 Å². The Morgan fingerprint density at radius 2 is 2.39 bits per heavy atom. The van der Waals surface area contributed by atoms with Crippen LogP contribution in [0.4, 0.5) is 0 Å². The number of thioether (sulfide) groups is 1. The third kappa shape index (κ3) is 2.75.